The lowest BCUT2D eigenvalue weighted by atomic mass is 10.0. The minimum absolute atomic E-state index is 0.279. The molecule has 0 atom stereocenters. The molecule has 0 saturated carbocycles. The van der Waals surface area contributed by atoms with Crippen LogP contribution < -0.4 is 5.32 Å². The monoisotopic (exact) mass is 373 g/mol. The van der Waals surface area contributed by atoms with Crippen molar-refractivity contribution in [3.63, 3.8) is 0 Å². The number of allylic oxidation sites excluding steroid dienone is 2. The van der Waals surface area contributed by atoms with Crippen LogP contribution in [0.15, 0.2) is 79.7 Å². The molecule has 0 bridgehead atoms. The van der Waals surface area contributed by atoms with Crippen molar-refractivity contribution in [2.24, 2.45) is 0 Å². The smallest absolute Gasteiger partial charge is 0.123 e. The number of aromatic nitrogens is 2. The lowest BCUT2D eigenvalue weighted by Gasteiger charge is -2.14. The fraction of sp³-hybridized carbons (Fsp3) is 0.125. The topological polar surface area (TPSA) is 29.9 Å². The van der Waals surface area contributed by atoms with Gasteiger partial charge in [0.1, 0.15) is 5.82 Å². The van der Waals surface area contributed by atoms with Crippen molar-refractivity contribution in [3.8, 4) is 5.69 Å². The van der Waals surface area contributed by atoms with Crippen LogP contribution in [0.5, 0.6) is 0 Å². The molecule has 0 aliphatic rings. The van der Waals surface area contributed by atoms with Crippen molar-refractivity contribution < 1.29 is 4.39 Å². The molecular formula is C24H24FN3. The lowest BCUT2D eigenvalue weighted by molar-refractivity contribution is 0.627. The van der Waals surface area contributed by atoms with Gasteiger partial charge < -0.3 is 5.32 Å². The molecule has 3 nitrogen and oxygen atoms in total. The number of hydrogen-bond donors (Lipinski definition) is 1. The Morgan fingerprint density at radius 3 is 2.43 bits per heavy atom. The molecule has 1 aromatic heterocycles. The molecule has 1 heterocycles. The standard InChI is InChI=1S/C24H24FN3/c1-5-22(18(4)26-15-19-9-7-17(3)8-10-19)23-16-27-28(24(23)6-2)21-13-11-20(25)12-14-21/h5-14,16,26H,2,4,15H2,1,3H3/b22-5-. The normalized spacial score (nSPS) is 11.3. The Bertz CT molecular complexity index is 1010. The van der Waals surface area contributed by atoms with Crippen LogP contribution in [0, 0.1) is 12.7 Å². The Kier molecular flexibility index (Phi) is 5.90. The van der Waals surface area contributed by atoms with Gasteiger partial charge in [-0.1, -0.05) is 49.1 Å². The number of aryl methyl sites for hydroxylation is 1. The maximum atomic E-state index is 13.2. The lowest BCUT2D eigenvalue weighted by Crippen LogP contribution is -2.13. The Balaban J connectivity index is 1.84. The Labute approximate surface area is 165 Å². The predicted molar refractivity (Wildman–Crippen MR) is 114 cm³/mol. The van der Waals surface area contributed by atoms with E-state index in [0.29, 0.717) is 6.54 Å². The molecule has 0 aliphatic carbocycles. The summed E-state index contributed by atoms with van der Waals surface area (Å²) in [7, 11) is 0. The fourth-order valence-corrected chi connectivity index (χ4v) is 3.05. The summed E-state index contributed by atoms with van der Waals surface area (Å²) in [6.07, 6.45) is 5.54. The van der Waals surface area contributed by atoms with Gasteiger partial charge in [-0.05, 0) is 49.8 Å². The molecule has 2 aromatic carbocycles. The number of nitrogens with one attached hydrogen (secondary N) is 1. The molecule has 3 rings (SSSR count). The third-order valence-electron chi connectivity index (χ3n) is 4.60. The van der Waals surface area contributed by atoms with Gasteiger partial charge >= 0.3 is 0 Å². The van der Waals surface area contributed by atoms with E-state index >= 15 is 0 Å². The summed E-state index contributed by atoms with van der Waals surface area (Å²) in [5.41, 5.74) is 6.71. The number of hydrogen-bond acceptors (Lipinski definition) is 2. The molecule has 0 saturated heterocycles. The second kappa shape index (κ2) is 8.53. The van der Waals surface area contributed by atoms with Gasteiger partial charge in [-0.2, -0.15) is 5.10 Å². The van der Waals surface area contributed by atoms with Crippen LogP contribution in [0.3, 0.4) is 0 Å². The van der Waals surface area contributed by atoms with Crippen molar-refractivity contribution in [3.05, 3.63) is 108 Å². The van der Waals surface area contributed by atoms with Gasteiger partial charge in [0.2, 0.25) is 0 Å². The summed E-state index contributed by atoms with van der Waals surface area (Å²) in [5.74, 6) is -0.279. The van der Waals surface area contributed by atoms with E-state index in [4.69, 9.17) is 0 Å². The van der Waals surface area contributed by atoms with Crippen LogP contribution >= 0.6 is 0 Å². The SMILES string of the molecule is C=Cc1c(/C(=C\C)C(=C)NCc2ccc(C)cc2)cnn1-c1ccc(F)cc1. The van der Waals surface area contributed by atoms with Crippen molar-refractivity contribution >= 4 is 11.6 Å². The van der Waals surface area contributed by atoms with Crippen LogP contribution in [0.25, 0.3) is 17.3 Å². The van der Waals surface area contributed by atoms with E-state index in [1.54, 1.807) is 29.1 Å². The first kappa shape index (κ1) is 19.4. The maximum Gasteiger partial charge on any atom is 0.123 e. The zero-order valence-electron chi connectivity index (χ0n) is 16.2. The third kappa shape index (κ3) is 4.12. The van der Waals surface area contributed by atoms with E-state index in [9.17, 15) is 4.39 Å². The minimum atomic E-state index is -0.279. The number of benzene rings is 2. The summed E-state index contributed by atoms with van der Waals surface area (Å²) in [4.78, 5) is 0. The maximum absolute atomic E-state index is 13.2. The highest BCUT2D eigenvalue weighted by Gasteiger charge is 2.15. The quantitative estimate of drug-likeness (QED) is 0.541. The van der Waals surface area contributed by atoms with Crippen LogP contribution in [0.4, 0.5) is 4.39 Å². The highest BCUT2D eigenvalue weighted by atomic mass is 19.1. The third-order valence-corrected chi connectivity index (χ3v) is 4.60. The summed E-state index contributed by atoms with van der Waals surface area (Å²) in [6.45, 7) is 12.9. The second-order valence-corrected chi connectivity index (χ2v) is 6.56. The summed E-state index contributed by atoms with van der Waals surface area (Å²) < 4.78 is 15.0. The molecule has 0 unspecified atom stereocenters. The molecule has 4 heteroatoms. The Morgan fingerprint density at radius 2 is 1.82 bits per heavy atom. The van der Waals surface area contributed by atoms with Gasteiger partial charge in [0, 0.05) is 23.4 Å². The van der Waals surface area contributed by atoms with E-state index in [0.717, 1.165) is 28.2 Å². The van der Waals surface area contributed by atoms with E-state index in [1.165, 1.54) is 23.3 Å². The van der Waals surface area contributed by atoms with Crippen LogP contribution in [0.1, 0.15) is 29.3 Å². The van der Waals surface area contributed by atoms with E-state index in [2.05, 4.69) is 54.8 Å². The van der Waals surface area contributed by atoms with Gasteiger partial charge in [-0.25, -0.2) is 9.07 Å². The number of nitrogens with zero attached hydrogens (tertiary/aromatic N) is 2. The van der Waals surface area contributed by atoms with E-state index < -0.39 is 0 Å². The molecular weight excluding hydrogens is 349 g/mol. The second-order valence-electron chi connectivity index (χ2n) is 6.56. The van der Waals surface area contributed by atoms with Crippen molar-refractivity contribution in [1.29, 1.82) is 0 Å². The first-order valence-electron chi connectivity index (χ1n) is 9.15. The first-order chi connectivity index (χ1) is 13.5. The van der Waals surface area contributed by atoms with Crippen molar-refractivity contribution in [2.75, 3.05) is 0 Å². The minimum Gasteiger partial charge on any atom is -0.381 e. The molecule has 28 heavy (non-hydrogen) atoms. The highest BCUT2D eigenvalue weighted by molar-refractivity contribution is 5.82. The Hall–Kier alpha value is -3.40. The largest absolute Gasteiger partial charge is 0.381 e. The molecule has 0 amide bonds. The predicted octanol–water partition coefficient (Wildman–Crippen LogP) is 5.67. The fourth-order valence-electron chi connectivity index (χ4n) is 3.05. The van der Waals surface area contributed by atoms with Gasteiger partial charge in [-0.3, -0.25) is 0 Å². The number of rotatable bonds is 7. The van der Waals surface area contributed by atoms with Crippen LogP contribution in [-0.2, 0) is 6.54 Å². The van der Waals surface area contributed by atoms with Crippen molar-refractivity contribution in [2.45, 2.75) is 20.4 Å². The Morgan fingerprint density at radius 1 is 1.14 bits per heavy atom. The first-order valence-corrected chi connectivity index (χ1v) is 9.15. The summed E-state index contributed by atoms with van der Waals surface area (Å²) in [5, 5.41) is 7.87. The average Bonchev–Trinajstić information content (AvgIpc) is 3.12. The van der Waals surface area contributed by atoms with Crippen LogP contribution in [-0.4, -0.2) is 9.78 Å². The van der Waals surface area contributed by atoms with E-state index in [1.807, 2.05) is 13.0 Å². The van der Waals surface area contributed by atoms with Gasteiger partial charge in [0.05, 0.1) is 17.6 Å². The number of halogens is 1. The van der Waals surface area contributed by atoms with Crippen molar-refractivity contribution in [1.82, 2.24) is 15.1 Å². The summed E-state index contributed by atoms with van der Waals surface area (Å²) >= 11 is 0. The average molecular weight is 373 g/mol. The zero-order chi connectivity index (χ0) is 20.1. The molecule has 0 aliphatic heterocycles. The molecule has 0 radical (unpaired) electrons. The van der Waals surface area contributed by atoms with Gasteiger partial charge in [0.15, 0.2) is 0 Å². The van der Waals surface area contributed by atoms with Gasteiger partial charge in [-0.15, -0.1) is 0 Å². The molecule has 3 aromatic rings. The molecule has 1 N–H and O–H groups in total. The molecule has 0 spiro atoms. The van der Waals surface area contributed by atoms with E-state index in [-0.39, 0.29) is 5.82 Å². The van der Waals surface area contributed by atoms with Gasteiger partial charge in [0.25, 0.3) is 0 Å². The zero-order valence-corrected chi connectivity index (χ0v) is 16.2. The molecule has 0 fully saturated rings. The molecule has 142 valence electrons. The van der Waals surface area contributed by atoms with Crippen LogP contribution in [0.2, 0.25) is 0 Å². The summed E-state index contributed by atoms with van der Waals surface area (Å²) in [6, 6.07) is 14.6. The highest BCUT2D eigenvalue weighted by Crippen LogP contribution is 2.27.